The second kappa shape index (κ2) is 36.7. The monoisotopic (exact) mass is 1420 g/mol. The number of aryl methyl sites for hydroxylation is 1. The summed E-state index contributed by atoms with van der Waals surface area (Å²) in [4.78, 5) is 17.9. The summed E-state index contributed by atoms with van der Waals surface area (Å²) in [5.41, 5.74) is -2.24. The van der Waals surface area contributed by atoms with Gasteiger partial charge in [0.2, 0.25) is 5.91 Å². The number of amides is 1. The number of carbonyl (C=O) groups is 1. The zero-order valence-corrected chi connectivity index (χ0v) is 59.2. The van der Waals surface area contributed by atoms with Crippen molar-refractivity contribution in [2.45, 2.75) is 172 Å². The zero-order chi connectivity index (χ0) is 71.4. The van der Waals surface area contributed by atoms with Gasteiger partial charge in [-0.1, -0.05) is 67.6 Å². The lowest BCUT2D eigenvalue weighted by Crippen LogP contribution is -2.67. The molecule has 1 amide bonds. The van der Waals surface area contributed by atoms with E-state index in [-0.39, 0.29) is 61.0 Å². The summed E-state index contributed by atoms with van der Waals surface area (Å²) in [5, 5.41) is 12.4. The molecule has 4 aliphatic rings. The number of ether oxygens (including phenoxy) is 7. The summed E-state index contributed by atoms with van der Waals surface area (Å²) in [6, 6.07) is 34.9. The Morgan fingerprint density at radius 1 is 0.667 bits per heavy atom. The quantitative estimate of drug-likeness (QED) is 0.0196. The van der Waals surface area contributed by atoms with Gasteiger partial charge in [0.25, 0.3) is 8.53 Å². The molecule has 0 radical (unpaired) electrons. The molecule has 15 nitrogen and oxygen atoms in total. The highest BCUT2D eigenvalue weighted by Gasteiger charge is 2.85. The van der Waals surface area contributed by atoms with Crippen LogP contribution in [0, 0.1) is 34.5 Å². The third-order valence-electron chi connectivity index (χ3n) is 20.2. The SMILES string of the molecule is COc1ccc(C(OCC(CCCOCCNC(=O)CCCN2CCN(CCCOc3ccc4c(c3)CC[C@@H]3[C@@H]4CC[C@]4(C)[C@@H](OCCCOC(C(F)(F)F)(C(F)(F)F)C(F)(F)F)CC[C@@H]34)CC2)COP(OCCC#N)N(C(C)C)C(C)C)(c2ccccc2)c2ccc(OC)cc2)cc1. The first-order valence-electron chi connectivity index (χ1n) is 35.0. The van der Waals surface area contributed by atoms with Gasteiger partial charge in [-0.15, -0.1) is 0 Å². The van der Waals surface area contributed by atoms with E-state index in [4.69, 9.17) is 37.5 Å². The van der Waals surface area contributed by atoms with Crippen molar-refractivity contribution in [1.29, 1.82) is 5.26 Å². The predicted octanol–water partition coefficient (Wildman–Crippen LogP) is 15.8. The minimum atomic E-state index is -6.76. The van der Waals surface area contributed by atoms with Crippen molar-refractivity contribution in [3.05, 3.63) is 125 Å². The van der Waals surface area contributed by atoms with Crippen LogP contribution in [0.15, 0.2) is 97.1 Å². The fourth-order valence-electron chi connectivity index (χ4n) is 15.2. The molecular weight excluding hydrogens is 1320 g/mol. The van der Waals surface area contributed by atoms with Crippen LogP contribution >= 0.6 is 8.53 Å². The van der Waals surface area contributed by atoms with Gasteiger partial charge in [0.1, 0.15) is 22.8 Å². The van der Waals surface area contributed by atoms with E-state index in [1.54, 1.807) is 14.2 Å². The zero-order valence-electron chi connectivity index (χ0n) is 58.3. The van der Waals surface area contributed by atoms with Crippen LogP contribution in [-0.4, -0.2) is 176 Å². The van der Waals surface area contributed by atoms with Crippen LogP contribution in [0.5, 0.6) is 17.2 Å². The van der Waals surface area contributed by atoms with Crippen molar-refractivity contribution in [3.63, 3.8) is 0 Å². The molecule has 550 valence electrons. The Bertz CT molecular complexity index is 3030. The molecule has 4 aromatic rings. The smallest absolute Gasteiger partial charge is 0.435 e. The van der Waals surface area contributed by atoms with E-state index in [9.17, 15) is 49.6 Å². The fourth-order valence-corrected chi connectivity index (χ4v) is 16.9. The number of benzene rings is 4. The third-order valence-corrected chi connectivity index (χ3v) is 22.3. The second-order valence-corrected chi connectivity index (χ2v) is 28.7. The van der Waals surface area contributed by atoms with Crippen molar-refractivity contribution in [3.8, 4) is 23.3 Å². The standard InChI is InChI=1S/C74H101F9N5O10P/c1-53(2)88(54(3)4)99(97-48-13-36-84)98-52-55(51-96-70(57-17-9-8-10-18-57,58-21-25-60(90-6)26-22-58)59-23-27-61(91-7)28-24-59)16-12-44-92-49-37-85-68(89)19-11-38-86-40-42-87(43-41-86)39-14-45-93-62-29-31-63-56(50-62)20-30-65-64(63)34-35-69(5)66(65)32-33-67(69)94-46-15-47-95-71(72(75,76)77,73(78,79)80)74(81,82)83/h8-10,17-18,21-29,31,50,53-55,64-67H,11-16,19-20,30,32-35,37-49,51-52H2,1-7H3,(H,85,89)/t55?,64-,65-,66+,67+,69+,99?/m1/s1. The van der Waals surface area contributed by atoms with Gasteiger partial charge >= 0.3 is 24.1 Å². The molecule has 8 rings (SSSR count). The molecular formula is C74H101F9N5O10P. The van der Waals surface area contributed by atoms with Crippen molar-refractivity contribution in [2.75, 3.05) is 113 Å². The number of alkyl halides is 9. The maximum absolute atomic E-state index is 13.3. The predicted molar refractivity (Wildman–Crippen MR) is 360 cm³/mol. The van der Waals surface area contributed by atoms with Crippen molar-refractivity contribution >= 4 is 14.4 Å². The van der Waals surface area contributed by atoms with Gasteiger partial charge in [-0.05, 0) is 192 Å². The van der Waals surface area contributed by atoms with Crippen LogP contribution in [0.25, 0.3) is 0 Å². The molecule has 1 N–H and O–H groups in total. The van der Waals surface area contributed by atoms with E-state index in [0.29, 0.717) is 77.1 Å². The van der Waals surface area contributed by atoms with Gasteiger partial charge in [0.15, 0.2) is 0 Å². The first-order valence-corrected chi connectivity index (χ1v) is 36.1. The third kappa shape index (κ3) is 20.1. The molecule has 1 heterocycles. The molecule has 2 saturated carbocycles. The number of hydrogen-bond acceptors (Lipinski definition) is 14. The molecule has 2 unspecified atom stereocenters. The summed E-state index contributed by atoms with van der Waals surface area (Å²) < 4.78 is 176. The highest BCUT2D eigenvalue weighted by molar-refractivity contribution is 7.44. The van der Waals surface area contributed by atoms with Crippen LogP contribution in [0.2, 0.25) is 0 Å². The summed E-state index contributed by atoms with van der Waals surface area (Å²) in [6.07, 6.45) is -12.5. The number of halogens is 9. The van der Waals surface area contributed by atoms with Crippen LogP contribution in [0.1, 0.15) is 145 Å². The molecule has 7 atom stereocenters. The highest BCUT2D eigenvalue weighted by Crippen LogP contribution is 2.62. The lowest BCUT2D eigenvalue weighted by atomic mass is 9.55. The molecule has 1 saturated heterocycles. The Labute approximate surface area is 579 Å². The first kappa shape index (κ1) is 79.4. The number of nitriles is 1. The van der Waals surface area contributed by atoms with Gasteiger partial charge in [-0.2, -0.15) is 44.8 Å². The number of nitrogens with one attached hydrogen (secondary N) is 1. The van der Waals surface area contributed by atoms with Crippen LogP contribution in [-0.2, 0) is 44.8 Å². The van der Waals surface area contributed by atoms with Crippen LogP contribution in [0.4, 0.5) is 39.5 Å². The summed E-state index contributed by atoms with van der Waals surface area (Å²) >= 11 is 0. The first-order chi connectivity index (χ1) is 47.3. The van der Waals surface area contributed by atoms with E-state index in [2.05, 4.69) is 89.5 Å². The van der Waals surface area contributed by atoms with E-state index < -0.39 is 51.3 Å². The molecule has 3 aliphatic carbocycles. The number of fused-ring (bicyclic) bond motifs is 5. The van der Waals surface area contributed by atoms with Gasteiger partial charge in [0.05, 0.1) is 72.5 Å². The average Bonchev–Trinajstić information content (AvgIpc) is 1.60. The number of methoxy groups -OCH3 is 2. The molecule has 0 aromatic heterocycles. The van der Waals surface area contributed by atoms with Gasteiger partial charge in [-0.3, -0.25) is 4.79 Å². The Balaban J connectivity index is 0.728. The molecule has 1 aliphatic heterocycles. The largest absolute Gasteiger partial charge is 0.497 e. The second-order valence-electron chi connectivity index (χ2n) is 27.3. The Kier molecular flexibility index (Phi) is 29.4. The van der Waals surface area contributed by atoms with E-state index in [1.807, 2.05) is 72.8 Å². The number of carbonyl (C=O) groups excluding carboxylic acids is 1. The number of rotatable bonds is 39. The average molecular weight is 1420 g/mol. The highest BCUT2D eigenvalue weighted by atomic mass is 31.2. The Morgan fingerprint density at radius 2 is 1.27 bits per heavy atom. The summed E-state index contributed by atoms with van der Waals surface area (Å²) in [7, 11) is 1.78. The molecule has 3 fully saturated rings. The van der Waals surface area contributed by atoms with Gasteiger partial charge < -0.3 is 57.3 Å². The molecule has 0 bridgehead atoms. The topological polar surface area (TPSA) is 146 Å². The maximum atomic E-state index is 13.3. The van der Waals surface area contributed by atoms with Crippen LogP contribution < -0.4 is 19.5 Å². The fraction of sp³-hybridized carbons (Fsp3) is 0.649. The van der Waals surface area contributed by atoms with Crippen molar-refractivity contribution in [1.82, 2.24) is 19.8 Å². The van der Waals surface area contributed by atoms with Gasteiger partial charge in [0, 0.05) is 76.9 Å². The lowest BCUT2D eigenvalue weighted by Gasteiger charge is -2.50. The minimum Gasteiger partial charge on any atom is -0.497 e. The Morgan fingerprint density at radius 3 is 1.87 bits per heavy atom. The van der Waals surface area contributed by atoms with Crippen LogP contribution in [0.3, 0.4) is 0 Å². The summed E-state index contributed by atoms with van der Waals surface area (Å²) in [5.74, 6) is 3.14. The normalized spacial score (nSPS) is 20.9. The molecule has 25 heteroatoms. The molecule has 99 heavy (non-hydrogen) atoms. The van der Waals surface area contributed by atoms with Crippen molar-refractivity contribution in [2.24, 2.45) is 23.2 Å². The number of nitrogens with zero attached hydrogens (tertiary/aromatic N) is 4. The van der Waals surface area contributed by atoms with E-state index in [1.165, 1.54) is 11.1 Å². The maximum Gasteiger partial charge on any atom is 0.435 e. The van der Waals surface area contributed by atoms with E-state index >= 15 is 0 Å². The molecule has 4 aromatic carbocycles. The van der Waals surface area contributed by atoms with E-state index in [0.717, 1.165) is 118 Å². The molecule has 0 spiro atoms. The minimum absolute atomic E-state index is 0.000236. The number of piperazine rings is 1. The Hall–Kier alpha value is -5.32. The number of hydrogen-bond donors (Lipinski definition) is 1. The van der Waals surface area contributed by atoms with Crippen molar-refractivity contribution < 1.29 is 86.5 Å². The lowest BCUT2D eigenvalue weighted by molar-refractivity contribution is -0.457. The summed E-state index contributed by atoms with van der Waals surface area (Å²) in [6.45, 7) is 17.0. The van der Waals surface area contributed by atoms with Gasteiger partial charge in [-0.25, -0.2) is 4.67 Å².